The molecule has 7 heteroatoms. The molecule has 0 aliphatic carbocycles. The van der Waals surface area contributed by atoms with E-state index in [2.05, 4.69) is 0 Å². The summed E-state index contributed by atoms with van der Waals surface area (Å²) in [6.45, 7) is 2.88. The quantitative estimate of drug-likeness (QED) is 0.499. The number of benzene rings is 2. The number of ether oxygens (including phenoxy) is 1. The first-order valence-corrected chi connectivity index (χ1v) is 7.43. The summed E-state index contributed by atoms with van der Waals surface area (Å²) < 4.78 is 5.37. The zero-order valence-corrected chi connectivity index (χ0v) is 13.6. The third kappa shape index (κ3) is 4.01. The van der Waals surface area contributed by atoms with Gasteiger partial charge in [0, 0.05) is 25.2 Å². The predicted octanol–water partition coefficient (Wildman–Crippen LogP) is 2.85. The lowest BCUT2D eigenvalue weighted by Crippen LogP contribution is -2.26. The molecule has 0 aliphatic rings. The van der Waals surface area contributed by atoms with E-state index in [1.165, 1.54) is 23.1 Å². The van der Waals surface area contributed by atoms with Crippen molar-refractivity contribution in [2.24, 2.45) is 0 Å². The zero-order valence-electron chi connectivity index (χ0n) is 13.6. The molecule has 126 valence electrons. The van der Waals surface area contributed by atoms with Crippen molar-refractivity contribution in [2.45, 2.75) is 13.5 Å². The minimum atomic E-state index is -0.599. The molecule has 0 radical (unpaired) electrons. The highest BCUT2D eigenvalue weighted by molar-refractivity contribution is 5.95. The molecule has 0 bridgehead atoms. The minimum absolute atomic E-state index is 0.0331. The van der Waals surface area contributed by atoms with Gasteiger partial charge in [0.15, 0.2) is 0 Å². The maximum absolute atomic E-state index is 12.4. The van der Waals surface area contributed by atoms with E-state index in [1.54, 1.807) is 7.05 Å². The molecule has 0 spiro atoms. The first-order valence-electron chi connectivity index (χ1n) is 7.43. The van der Waals surface area contributed by atoms with Gasteiger partial charge in [0.05, 0.1) is 11.5 Å². The van der Waals surface area contributed by atoms with Crippen LogP contribution in [0.1, 0.15) is 22.8 Å². The number of nitro groups is 1. The van der Waals surface area contributed by atoms with Crippen LogP contribution in [-0.4, -0.2) is 29.4 Å². The Hall–Kier alpha value is -3.09. The van der Waals surface area contributed by atoms with Gasteiger partial charge in [-0.1, -0.05) is 12.1 Å². The lowest BCUT2D eigenvalue weighted by atomic mass is 10.1. The lowest BCUT2D eigenvalue weighted by molar-refractivity contribution is -0.383. The number of hydrogen-bond acceptors (Lipinski definition) is 5. The average Bonchev–Trinajstić information content (AvgIpc) is 2.56. The Morgan fingerprint density at radius 3 is 2.50 bits per heavy atom. The lowest BCUT2D eigenvalue weighted by Gasteiger charge is -2.17. The number of anilines is 1. The van der Waals surface area contributed by atoms with Gasteiger partial charge in [-0.3, -0.25) is 14.9 Å². The molecule has 2 aromatic carbocycles. The highest BCUT2D eigenvalue weighted by atomic mass is 16.6. The number of nitrogens with zero attached hydrogens (tertiary/aromatic N) is 2. The molecule has 0 saturated heterocycles. The van der Waals surface area contributed by atoms with Crippen molar-refractivity contribution in [1.82, 2.24) is 4.90 Å². The summed E-state index contributed by atoms with van der Waals surface area (Å²) >= 11 is 0. The second-order valence-electron chi connectivity index (χ2n) is 5.27. The van der Waals surface area contributed by atoms with Gasteiger partial charge in [-0.05, 0) is 36.8 Å². The fraction of sp³-hybridized carbons (Fsp3) is 0.235. The molecule has 0 unspecified atom stereocenters. The fourth-order valence-electron chi connectivity index (χ4n) is 2.26. The van der Waals surface area contributed by atoms with Gasteiger partial charge in [0.2, 0.25) is 0 Å². The second kappa shape index (κ2) is 7.45. The van der Waals surface area contributed by atoms with Gasteiger partial charge in [0.1, 0.15) is 11.4 Å². The van der Waals surface area contributed by atoms with E-state index in [-0.39, 0.29) is 22.8 Å². The maximum atomic E-state index is 12.4. The van der Waals surface area contributed by atoms with Crippen molar-refractivity contribution in [3.05, 3.63) is 63.7 Å². The number of nitrogen functional groups attached to an aromatic ring is 1. The van der Waals surface area contributed by atoms with Crippen molar-refractivity contribution in [1.29, 1.82) is 0 Å². The molecule has 7 nitrogen and oxygen atoms in total. The molecule has 0 aliphatic heterocycles. The van der Waals surface area contributed by atoms with E-state index in [1.807, 2.05) is 31.2 Å². The van der Waals surface area contributed by atoms with Crippen molar-refractivity contribution in [2.75, 3.05) is 19.4 Å². The van der Waals surface area contributed by atoms with Crippen LogP contribution in [0.4, 0.5) is 11.4 Å². The second-order valence-corrected chi connectivity index (χ2v) is 5.27. The first kappa shape index (κ1) is 17.3. The smallest absolute Gasteiger partial charge is 0.292 e. The molecular formula is C17H19N3O4. The summed E-state index contributed by atoms with van der Waals surface area (Å²) in [4.78, 5) is 24.3. The number of nitrogens with two attached hydrogens (primary N) is 1. The standard InChI is InChI=1S/C17H19N3O4/c1-3-24-14-7-4-12(5-8-14)11-19(2)17(21)13-6-9-15(18)16(10-13)20(22)23/h4-10H,3,11,18H2,1-2H3. The number of amides is 1. The SMILES string of the molecule is CCOc1ccc(CN(C)C(=O)c2ccc(N)c([N+](=O)[O-])c2)cc1. The number of carbonyl (C=O) groups is 1. The molecule has 2 rings (SSSR count). The number of nitro benzene ring substituents is 1. The Bertz CT molecular complexity index is 744. The number of hydrogen-bond donors (Lipinski definition) is 1. The van der Waals surface area contributed by atoms with Crippen LogP contribution in [0.25, 0.3) is 0 Å². The highest BCUT2D eigenvalue weighted by Gasteiger charge is 2.18. The van der Waals surface area contributed by atoms with E-state index in [0.717, 1.165) is 11.3 Å². The van der Waals surface area contributed by atoms with Crippen molar-refractivity contribution in [3.63, 3.8) is 0 Å². The van der Waals surface area contributed by atoms with Crippen LogP contribution in [0.3, 0.4) is 0 Å². The van der Waals surface area contributed by atoms with Crippen LogP contribution in [-0.2, 0) is 6.54 Å². The Morgan fingerprint density at radius 2 is 1.92 bits per heavy atom. The highest BCUT2D eigenvalue weighted by Crippen LogP contribution is 2.23. The van der Waals surface area contributed by atoms with Crippen LogP contribution < -0.4 is 10.5 Å². The van der Waals surface area contributed by atoms with Gasteiger partial charge < -0.3 is 15.4 Å². The molecule has 0 fully saturated rings. The Kier molecular flexibility index (Phi) is 5.36. The maximum Gasteiger partial charge on any atom is 0.292 e. The van der Waals surface area contributed by atoms with Crippen molar-refractivity contribution < 1.29 is 14.5 Å². The summed E-state index contributed by atoms with van der Waals surface area (Å²) in [6.07, 6.45) is 0. The van der Waals surface area contributed by atoms with Crippen LogP contribution >= 0.6 is 0 Å². The Balaban J connectivity index is 2.12. The Morgan fingerprint density at radius 1 is 1.25 bits per heavy atom. The van der Waals surface area contributed by atoms with Gasteiger partial charge >= 0.3 is 0 Å². The van der Waals surface area contributed by atoms with E-state index in [0.29, 0.717) is 13.2 Å². The summed E-state index contributed by atoms with van der Waals surface area (Å²) in [5.74, 6) is 0.455. The van der Waals surface area contributed by atoms with Gasteiger partial charge in [0.25, 0.3) is 11.6 Å². The third-order valence-corrected chi connectivity index (χ3v) is 3.47. The van der Waals surface area contributed by atoms with Gasteiger partial charge in [-0.25, -0.2) is 0 Å². The zero-order chi connectivity index (χ0) is 17.7. The fourth-order valence-corrected chi connectivity index (χ4v) is 2.26. The summed E-state index contributed by atoms with van der Waals surface area (Å²) in [6, 6.07) is 11.5. The largest absolute Gasteiger partial charge is 0.494 e. The number of carbonyl (C=O) groups excluding carboxylic acids is 1. The summed E-state index contributed by atoms with van der Waals surface area (Å²) in [5.41, 5.74) is 6.47. The van der Waals surface area contributed by atoms with Crippen LogP contribution in [0.2, 0.25) is 0 Å². The van der Waals surface area contributed by atoms with Gasteiger partial charge in [-0.15, -0.1) is 0 Å². The first-order chi connectivity index (χ1) is 11.4. The third-order valence-electron chi connectivity index (χ3n) is 3.47. The normalized spacial score (nSPS) is 10.2. The molecule has 0 heterocycles. The molecular weight excluding hydrogens is 310 g/mol. The molecule has 2 N–H and O–H groups in total. The number of rotatable bonds is 6. The summed E-state index contributed by atoms with van der Waals surface area (Å²) in [7, 11) is 1.64. The van der Waals surface area contributed by atoms with E-state index in [9.17, 15) is 14.9 Å². The summed E-state index contributed by atoms with van der Waals surface area (Å²) in [5, 5.41) is 10.9. The molecule has 1 amide bonds. The van der Waals surface area contributed by atoms with Gasteiger partial charge in [-0.2, -0.15) is 0 Å². The van der Waals surface area contributed by atoms with Crippen molar-refractivity contribution >= 4 is 17.3 Å². The van der Waals surface area contributed by atoms with Crippen LogP contribution in [0.15, 0.2) is 42.5 Å². The minimum Gasteiger partial charge on any atom is -0.494 e. The van der Waals surface area contributed by atoms with E-state index < -0.39 is 4.92 Å². The molecule has 0 atom stereocenters. The molecule has 2 aromatic rings. The monoisotopic (exact) mass is 329 g/mol. The predicted molar refractivity (Wildman–Crippen MR) is 90.9 cm³/mol. The van der Waals surface area contributed by atoms with Crippen LogP contribution in [0.5, 0.6) is 5.75 Å². The van der Waals surface area contributed by atoms with E-state index in [4.69, 9.17) is 10.5 Å². The Labute approximate surface area is 139 Å². The van der Waals surface area contributed by atoms with Crippen molar-refractivity contribution in [3.8, 4) is 5.75 Å². The average molecular weight is 329 g/mol. The molecule has 0 saturated carbocycles. The van der Waals surface area contributed by atoms with E-state index >= 15 is 0 Å². The van der Waals surface area contributed by atoms with Crippen LogP contribution in [0, 0.1) is 10.1 Å². The molecule has 0 aromatic heterocycles. The topological polar surface area (TPSA) is 98.7 Å². The molecule has 24 heavy (non-hydrogen) atoms.